The fraction of sp³-hybridized carbons (Fsp3) is 0.462. The number of fused-ring (bicyclic) bond motifs is 1. The number of anilines is 1. The van der Waals surface area contributed by atoms with E-state index < -0.39 is 36.4 Å². The summed E-state index contributed by atoms with van der Waals surface area (Å²) in [4.78, 5) is 12.5. The molecule has 0 spiro atoms. The maximum Gasteiger partial charge on any atom is 0.420 e. The molecule has 0 aliphatic carbocycles. The molecule has 1 unspecified atom stereocenters. The summed E-state index contributed by atoms with van der Waals surface area (Å²) < 4.78 is 48.1. The molecule has 3 rings (SSSR count). The van der Waals surface area contributed by atoms with Gasteiger partial charge in [-0.15, -0.1) is 0 Å². The topological polar surface area (TPSA) is 88.4 Å². The molecule has 0 amide bonds. The zero-order chi connectivity index (χ0) is 26.7. The van der Waals surface area contributed by atoms with Gasteiger partial charge in [0.05, 0.1) is 29.5 Å². The van der Waals surface area contributed by atoms with Crippen LogP contribution in [0.2, 0.25) is 0 Å². The number of halogens is 3. The number of esters is 1. The number of hydrogen-bond donors (Lipinski definition) is 3. The fourth-order valence-corrected chi connectivity index (χ4v) is 3.70. The first-order chi connectivity index (χ1) is 16.7. The molecule has 0 aliphatic rings. The maximum atomic E-state index is 13.7. The third-order valence-electron chi connectivity index (χ3n) is 5.50. The van der Waals surface area contributed by atoms with Gasteiger partial charge in [0.1, 0.15) is 5.60 Å². The summed E-state index contributed by atoms with van der Waals surface area (Å²) in [7, 11) is 0. The lowest BCUT2D eigenvalue weighted by molar-refractivity contribution is -0.252. The van der Waals surface area contributed by atoms with E-state index in [1.165, 1.54) is 0 Å². The number of nitrogens with zero attached hydrogens (tertiary/aromatic N) is 2. The van der Waals surface area contributed by atoms with E-state index in [2.05, 4.69) is 15.7 Å². The quantitative estimate of drug-likeness (QED) is 0.280. The summed E-state index contributed by atoms with van der Waals surface area (Å²) in [6.45, 7) is 8.02. The number of aliphatic hydroxyl groups is 1. The molecule has 36 heavy (non-hydrogen) atoms. The Kier molecular flexibility index (Phi) is 8.00. The van der Waals surface area contributed by atoms with Gasteiger partial charge in [-0.05, 0) is 76.6 Å². The normalized spacial score (nSPS) is 14.0. The Balaban J connectivity index is 1.93. The number of hydrogen-bond acceptors (Lipinski definition) is 6. The summed E-state index contributed by atoms with van der Waals surface area (Å²) in [6.07, 6.45) is -2.64. The molecule has 1 atom stereocenters. The van der Waals surface area contributed by atoms with Gasteiger partial charge in [0.25, 0.3) is 0 Å². The van der Waals surface area contributed by atoms with E-state index in [0.29, 0.717) is 40.8 Å². The van der Waals surface area contributed by atoms with Crippen LogP contribution in [-0.4, -0.2) is 57.9 Å². The largest absolute Gasteiger partial charge is 0.456 e. The summed E-state index contributed by atoms with van der Waals surface area (Å²) >= 11 is 0. The van der Waals surface area contributed by atoms with Crippen LogP contribution in [0.1, 0.15) is 50.0 Å². The lowest BCUT2D eigenvalue weighted by Crippen LogP contribution is -2.57. The predicted octanol–water partition coefficient (Wildman–Crippen LogP) is 4.99. The molecule has 0 radical (unpaired) electrons. The maximum absolute atomic E-state index is 13.7. The number of benzene rings is 2. The highest BCUT2D eigenvalue weighted by Gasteiger charge is 2.53. The first-order valence-corrected chi connectivity index (χ1v) is 11.8. The number of carbonyl (C=O) groups is 1. The van der Waals surface area contributed by atoms with Crippen molar-refractivity contribution < 1.29 is 27.8 Å². The Bertz CT molecular complexity index is 1220. The molecule has 0 aliphatic heterocycles. The highest BCUT2D eigenvalue weighted by atomic mass is 19.4. The minimum absolute atomic E-state index is 0.354. The van der Waals surface area contributed by atoms with E-state index in [4.69, 9.17) is 4.74 Å². The van der Waals surface area contributed by atoms with E-state index in [0.717, 1.165) is 5.56 Å². The van der Waals surface area contributed by atoms with Gasteiger partial charge in [0.15, 0.2) is 5.60 Å². The van der Waals surface area contributed by atoms with Crippen molar-refractivity contribution >= 4 is 22.6 Å². The Morgan fingerprint density at radius 3 is 2.50 bits per heavy atom. The van der Waals surface area contributed by atoms with Crippen LogP contribution in [0.4, 0.5) is 18.9 Å². The molecular weight excluding hydrogens is 473 g/mol. The van der Waals surface area contributed by atoms with Crippen molar-refractivity contribution in [2.45, 2.75) is 58.4 Å². The number of rotatable bonds is 9. The van der Waals surface area contributed by atoms with Crippen molar-refractivity contribution in [2.24, 2.45) is 0 Å². The van der Waals surface area contributed by atoms with E-state index >= 15 is 0 Å². The van der Waals surface area contributed by atoms with Gasteiger partial charge in [-0.25, -0.2) is 9.48 Å². The fourth-order valence-electron chi connectivity index (χ4n) is 3.70. The molecule has 2 aromatic carbocycles. The van der Waals surface area contributed by atoms with Crippen molar-refractivity contribution in [2.75, 3.05) is 25.0 Å². The summed E-state index contributed by atoms with van der Waals surface area (Å²) in [5.41, 5.74) is -0.804. The van der Waals surface area contributed by atoms with Crippen LogP contribution in [0, 0.1) is 6.92 Å². The van der Waals surface area contributed by atoms with Crippen LogP contribution < -0.4 is 10.6 Å². The van der Waals surface area contributed by atoms with Gasteiger partial charge >= 0.3 is 12.1 Å². The molecule has 0 fully saturated rings. The van der Waals surface area contributed by atoms with Crippen LogP contribution in [0.25, 0.3) is 16.6 Å². The number of aromatic nitrogens is 2. The summed E-state index contributed by atoms with van der Waals surface area (Å²) in [5, 5.41) is 20.9. The zero-order valence-electron chi connectivity index (χ0n) is 21.2. The Labute approximate surface area is 208 Å². The molecular formula is C26H33F3N4O3. The minimum Gasteiger partial charge on any atom is -0.456 e. The predicted molar refractivity (Wildman–Crippen MR) is 134 cm³/mol. The van der Waals surface area contributed by atoms with Gasteiger partial charge in [0.2, 0.25) is 0 Å². The zero-order valence-corrected chi connectivity index (χ0v) is 21.2. The molecule has 10 heteroatoms. The number of ether oxygens (including phenoxy) is 1. The smallest absolute Gasteiger partial charge is 0.420 e. The third-order valence-corrected chi connectivity index (χ3v) is 5.50. The molecule has 3 aromatic rings. The van der Waals surface area contributed by atoms with Crippen LogP contribution in [0.5, 0.6) is 0 Å². The lowest BCUT2D eigenvalue weighted by Gasteiger charge is -2.31. The second kappa shape index (κ2) is 10.5. The van der Waals surface area contributed by atoms with Crippen molar-refractivity contribution in [1.82, 2.24) is 15.1 Å². The van der Waals surface area contributed by atoms with Gasteiger partial charge in [-0.1, -0.05) is 13.0 Å². The van der Waals surface area contributed by atoms with Gasteiger partial charge < -0.3 is 20.5 Å². The Morgan fingerprint density at radius 1 is 1.14 bits per heavy atom. The highest BCUT2D eigenvalue weighted by Crippen LogP contribution is 2.33. The molecule has 1 heterocycles. The van der Waals surface area contributed by atoms with Crippen LogP contribution in [-0.2, 0) is 4.74 Å². The van der Waals surface area contributed by atoms with Crippen LogP contribution in [0.15, 0.2) is 42.6 Å². The van der Waals surface area contributed by atoms with E-state index in [-0.39, 0.29) is 0 Å². The van der Waals surface area contributed by atoms with Crippen molar-refractivity contribution in [3.05, 3.63) is 53.7 Å². The average Bonchev–Trinajstić information content (AvgIpc) is 3.19. The highest BCUT2D eigenvalue weighted by molar-refractivity contribution is 5.94. The standard InChI is InChI=1S/C26H33F3N4O3/c1-6-10-30-15-25(35,26(27,28)29)16-31-21-11-17(2)12-22-20(21)14-32-33(22)19-9-7-8-18(13-19)23(34)36-24(3,4)5/h7-9,11-14,30-31,35H,6,10,15-16H2,1-5H3. The Morgan fingerprint density at radius 2 is 1.86 bits per heavy atom. The second-order valence-electron chi connectivity index (χ2n) is 9.91. The monoisotopic (exact) mass is 506 g/mol. The van der Waals surface area contributed by atoms with E-state index in [1.54, 1.807) is 62.0 Å². The average molecular weight is 507 g/mol. The number of carbonyl (C=O) groups excluding carboxylic acids is 1. The van der Waals surface area contributed by atoms with Gasteiger partial charge in [-0.2, -0.15) is 18.3 Å². The first-order valence-electron chi connectivity index (χ1n) is 11.8. The molecule has 0 saturated carbocycles. The Hall–Kier alpha value is -3.11. The second-order valence-corrected chi connectivity index (χ2v) is 9.91. The van der Waals surface area contributed by atoms with Crippen molar-refractivity contribution in [3.8, 4) is 5.69 Å². The number of aryl methyl sites for hydroxylation is 1. The van der Waals surface area contributed by atoms with Crippen molar-refractivity contribution in [1.29, 1.82) is 0 Å². The lowest BCUT2D eigenvalue weighted by atomic mass is 10.0. The summed E-state index contributed by atoms with van der Waals surface area (Å²) in [6, 6.07) is 10.3. The van der Waals surface area contributed by atoms with Gasteiger partial charge in [-0.3, -0.25) is 0 Å². The van der Waals surface area contributed by atoms with Gasteiger partial charge in [0, 0.05) is 17.6 Å². The van der Waals surface area contributed by atoms with E-state index in [1.807, 2.05) is 19.9 Å². The summed E-state index contributed by atoms with van der Waals surface area (Å²) in [5.74, 6) is -0.470. The minimum atomic E-state index is -4.82. The molecule has 1 aromatic heterocycles. The molecule has 0 bridgehead atoms. The van der Waals surface area contributed by atoms with E-state index in [9.17, 15) is 23.1 Å². The number of nitrogens with one attached hydrogen (secondary N) is 2. The first kappa shape index (κ1) is 27.5. The molecule has 3 N–H and O–H groups in total. The molecule has 0 saturated heterocycles. The van der Waals surface area contributed by atoms with Crippen LogP contribution >= 0.6 is 0 Å². The molecule has 7 nitrogen and oxygen atoms in total. The number of alkyl halides is 3. The molecule has 196 valence electrons. The van der Waals surface area contributed by atoms with Crippen LogP contribution in [0.3, 0.4) is 0 Å². The SMILES string of the molecule is CCCNCC(O)(CNc1cc(C)cc2c1cnn2-c1cccc(C(=O)OC(C)(C)C)c1)C(F)(F)F. The third kappa shape index (κ3) is 6.36. The van der Waals surface area contributed by atoms with Crippen molar-refractivity contribution in [3.63, 3.8) is 0 Å².